The number of hydrogen-bond donors (Lipinski definition) is 1. The third kappa shape index (κ3) is 2.60. The van der Waals surface area contributed by atoms with Gasteiger partial charge in [-0.1, -0.05) is 12.1 Å². The molecule has 1 saturated heterocycles. The van der Waals surface area contributed by atoms with Gasteiger partial charge in [-0.2, -0.15) is 0 Å². The molecule has 19 heavy (non-hydrogen) atoms. The van der Waals surface area contributed by atoms with Crippen LogP contribution in [0.15, 0.2) is 10.6 Å². The number of carbonyl (C=O) groups excluding carboxylic acids is 1. The summed E-state index contributed by atoms with van der Waals surface area (Å²) in [6.45, 7) is 3.34. The van der Waals surface area contributed by atoms with Crippen LogP contribution in [0, 0.1) is 5.92 Å². The van der Waals surface area contributed by atoms with E-state index in [9.17, 15) is 9.59 Å². The van der Waals surface area contributed by atoms with Crippen LogP contribution in [0.3, 0.4) is 0 Å². The predicted molar refractivity (Wildman–Crippen MR) is 66.0 cm³/mol. The molecule has 0 aliphatic carbocycles. The minimum Gasteiger partial charge on any atom is -0.475 e. The first kappa shape index (κ1) is 13.5. The van der Waals surface area contributed by atoms with Crippen molar-refractivity contribution in [1.82, 2.24) is 15.0 Å². The topological polar surface area (TPSA) is 86.9 Å². The molecule has 1 fully saturated rings. The molecular weight excluding hydrogens is 250 g/mol. The van der Waals surface area contributed by atoms with E-state index in [1.165, 1.54) is 6.07 Å². The van der Waals surface area contributed by atoms with E-state index in [0.29, 0.717) is 25.0 Å². The lowest BCUT2D eigenvalue weighted by Gasteiger charge is -2.22. The maximum atomic E-state index is 12.2. The number of aromatic nitrogens is 1. The summed E-state index contributed by atoms with van der Waals surface area (Å²) in [6.07, 6.45) is 0. The van der Waals surface area contributed by atoms with Gasteiger partial charge in [0.2, 0.25) is 5.76 Å². The molecule has 1 aliphatic rings. The zero-order valence-corrected chi connectivity index (χ0v) is 11.2. The van der Waals surface area contributed by atoms with Gasteiger partial charge in [-0.15, -0.1) is 0 Å². The molecule has 0 radical (unpaired) electrons. The van der Waals surface area contributed by atoms with Crippen molar-refractivity contribution < 1.29 is 19.2 Å². The molecule has 0 bridgehead atoms. The molecule has 1 amide bonds. The highest BCUT2D eigenvalue weighted by Gasteiger charge is 2.35. The Balaban J connectivity index is 2.10. The number of nitrogens with zero attached hydrogens (tertiary/aromatic N) is 3. The van der Waals surface area contributed by atoms with Crippen molar-refractivity contribution in [1.29, 1.82) is 0 Å². The molecule has 2 heterocycles. The second-order valence-corrected chi connectivity index (χ2v) is 5.10. The van der Waals surface area contributed by atoms with Crippen LogP contribution in [0.1, 0.15) is 28.0 Å². The van der Waals surface area contributed by atoms with E-state index in [0.717, 1.165) is 0 Å². The predicted octanol–water partition coefficient (Wildman–Crippen LogP) is 0.395. The summed E-state index contributed by atoms with van der Waals surface area (Å²) >= 11 is 0. The number of carboxylic acids is 1. The van der Waals surface area contributed by atoms with E-state index in [2.05, 4.69) is 21.5 Å². The van der Waals surface area contributed by atoms with Crippen LogP contribution in [0.25, 0.3) is 0 Å². The van der Waals surface area contributed by atoms with Gasteiger partial charge in [-0.05, 0) is 20.0 Å². The van der Waals surface area contributed by atoms with E-state index in [4.69, 9.17) is 5.11 Å². The number of aromatic carboxylic acids is 1. The molecule has 2 rings (SSSR count). The molecule has 0 spiro atoms. The number of likely N-dealkylation sites (tertiary alicyclic amines) is 1. The van der Waals surface area contributed by atoms with E-state index < -0.39 is 5.97 Å². The molecule has 7 heteroatoms. The van der Waals surface area contributed by atoms with Crippen LogP contribution < -0.4 is 0 Å². The summed E-state index contributed by atoms with van der Waals surface area (Å²) in [7, 11) is 3.96. The van der Waals surface area contributed by atoms with E-state index in [1.54, 1.807) is 4.90 Å². The Morgan fingerprint density at radius 3 is 2.63 bits per heavy atom. The Bertz CT molecular complexity index is 497. The van der Waals surface area contributed by atoms with Gasteiger partial charge in [0.05, 0.1) is 0 Å². The number of carbonyl (C=O) groups is 2. The highest BCUT2D eigenvalue weighted by atomic mass is 16.5. The minimum absolute atomic E-state index is 0.0454. The van der Waals surface area contributed by atoms with Gasteiger partial charge in [-0.3, -0.25) is 4.79 Å². The third-order valence-corrected chi connectivity index (χ3v) is 3.46. The van der Waals surface area contributed by atoms with Gasteiger partial charge >= 0.3 is 5.97 Å². The van der Waals surface area contributed by atoms with E-state index >= 15 is 0 Å². The summed E-state index contributed by atoms with van der Waals surface area (Å²) in [6, 6.07) is 1.47. The lowest BCUT2D eigenvalue weighted by Crippen LogP contribution is -2.35. The lowest BCUT2D eigenvalue weighted by molar-refractivity contribution is 0.0649. The minimum atomic E-state index is -1.23. The Kier molecular flexibility index (Phi) is 3.57. The Morgan fingerprint density at radius 1 is 1.47 bits per heavy atom. The second kappa shape index (κ2) is 5.00. The van der Waals surface area contributed by atoms with Gasteiger partial charge in [0.25, 0.3) is 5.91 Å². The van der Waals surface area contributed by atoms with Crippen molar-refractivity contribution in [3.63, 3.8) is 0 Å². The van der Waals surface area contributed by atoms with Gasteiger partial charge in [0.15, 0.2) is 5.69 Å². The number of likely N-dealkylation sites (N-methyl/N-ethyl adjacent to an activating group) is 1. The first-order chi connectivity index (χ1) is 8.90. The van der Waals surface area contributed by atoms with Gasteiger partial charge < -0.3 is 19.4 Å². The zero-order valence-electron chi connectivity index (χ0n) is 11.2. The molecule has 0 aromatic carbocycles. The number of rotatable bonds is 3. The van der Waals surface area contributed by atoms with Crippen molar-refractivity contribution in [2.45, 2.75) is 13.0 Å². The van der Waals surface area contributed by atoms with Crippen LogP contribution in [0.4, 0.5) is 0 Å². The van der Waals surface area contributed by atoms with Crippen molar-refractivity contribution in [2.24, 2.45) is 5.92 Å². The Labute approximate surface area is 110 Å². The van der Waals surface area contributed by atoms with Crippen LogP contribution in [-0.2, 0) is 0 Å². The maximum absolute atomic E-state index is 12.2. The Hall–Kier alpha value is -1.89. The molecule has 2 unspecified atom stereocenters. The standard InChI is InChI=1S/C12H17N3O4/c1-7-5-15(6-9(7)14(2)3)11(16)8-4-10(12(17)18)19-13-8/h4,7,9H,5-6H2,1-3H3,(H,17,18). The summed E-state index contributed by atoms with van der Waals surface area (Å²) in [4.78, 5) is 26.6. The van der Waals surface area contributed by atoms with Gasteiger partial charge in [-0.25, -0.2) is 4.79 Å². The third-order valence-electron chi connectivity index (χ3n) is 3.46. The fraction of sp³-hybridized carbons (Fsp3) is 0.583. The lowest BCUT2D eigenvalue weighted by atomic mass is 10.1. The first-order valence-electron chi connectivity index (χ1n) is 6.06. The van der Waals surface area contributed by atoms with E-state index in [-0.39, 0.29) is 17.4 Å². The summed E-state index contributed by atoms with van der Waals surface area (Å²) in [5.74, 6) is -1.47. The van der Waals surface area contributed by atoms with Gasteiger partial charge in [0.1, 0.15) is 0 Å². The normalized spacial score (nSPS) is 23.1. The highest BCUT2D eigenvalue weighted by Crippen LogP contribution is 2.21. The average molecular weight is 267 g/mol. The van der Waals surface area contributed by atoms with Crippen molar-refractivity contribution >= 4 is 11.9 Å². The number of carboxylic acid groups (broad SMARTS) is 1. The fourth-order valence-electron chi connectivity index (χ4n) is 2.43. The molecule has 7 nitrogen and oxygen atoms in total. The number of amides is 1. The summed E-state index contributed by atoms with van der Waals surface area (Å²) in [5, 5.41) is 12.3. The number of hydrogen-bond acceptors (Lipinski definition) is 5. The average Bonchev–Trinajstić information content (AvgIpc) is 2.94. The molecule has 1 N–H and O–H groups in total. The van der Waals surface area contributed by atoms with E-state index in [1.807, 2.05) is 14.1 Å². The summed E-state index contributed by atoms with van der Waals surface area (Å²) < 4.78 is 4.60. The van der Waals surface area contributed by atoms with Crippen LogP contribution >= 0.6 is 0 Å². The van der Waals surface area contributed by atoms with Crippen LogP contribution in [0.2, 0.25) is 0 Å². The molecule has 1 aliphatic heterocycles. The first-order valence-corrected chi connectivity index (χ1v) is 6.06. The maximum Gasteiger partial charge on any atom is 0.374 e. The quantitative estimate of drug-likeness (QED) is 0.852. The SMILES string of the molecule is CC1CN(C(=O)c2cc(C(=O)O)on2)CC1N(C)C. The highest BCUT2D eigenvalue weighted by molar-refractivity contribution is 5.95. The largest absolute Gasteiger partial charge is 0.475 e. The Morgan fingerprint density at radius 2 is 2.16 bits per heavy atom. The van der Waals surface area contributed by atoms with Crippen molar-refractivity contribution in [3.8, 4) is 0 Å². The molecule has 1 aromatic rings. The fourth-order valence-corrected chi connectivity index (χ4v) is 2.43. The second-order valence-electron chi connectivity index (χ2n) is 5.10. The van der Waals surface area contributed by atoms with Crippen molar-refractivity contribution in [3.05, 3.63) is 17.5 Å². The van der Waals surface area contributed by atoms with Crippen LogP contribution in [-0.4, -0.2) is 65.2 Å². The smallest absolute Gasteiger partial charge is 0.374 e. The molecule has 0 saturated carbocycles. The molecule has 1 aromatic heterocycles. The summed E-state index contributed by atoms with van der Waals surface area (Å²) in [5.41, 5.74) is 0.0454. The zero-order chi connectivity index (χ0) is 14.2. The molecule has 104 valence electrons. The van der Waals surface area contributed by atoms with Gasteiger partial charge in [0, 0.05) is 25.2 Å². The van der Waals surface area contributed by atoms with Crippen LogP contribution in [0.5, 0.6) is 0 Å². The van der Waals surface area contributed by atoms with Crippen molar-refractivity contribution in [2.75, 3.05) is 27.2 Å². The molecule has 2 atom stereocenters. The molecular formula is C12H17N3O4. The monoisotopic (exact) mass is 267 g/mol.